The Labute approximate surface area is 102 Å². The van der Waals surface area contributed by atoms with Crippen LogP contribution in [-0.2, 0) is 21.1 Å². The summed E-state index contributed by atoms with van der Waals surface area (Å²) in [6.07, 6.45) is 5.87. The standard InChI is InChI=1S/C8H13N2.C2H6O4S/c1-4-9-6-7-10(5-2)8(9)3;1-2-6-7(3,4)5/h4,6-7H,1,5H2,2-3H3;2H2,1H3,(H,3,4,5)/q+1;/p-1. The van der Waals surface area contributed by atoms with Gasteiger partial charge in [-0.1, -0.05) is 6.58 Å². The van der Waals surface area contributed by atoms with E-state index in [-0.39, 0.29) is 6.61 Å². The summed E-state index contributed by atoms with van der Waals surface area (Å²) in [6, 6.07) is 0. The van der Waals surface area contributed by atoms with Gasteiger partial charge in [0, 0.05) is 6.92 Å². The highest BCUT2D eigenvalue weighted by Gasteiger charge is 2.05. The minimum absolute atomic E-state index is 0.0914. The van der Waals surface area contributed by atoms with E-state index in [2.05, 4.69) is 35.4 Å². The van der Waals surface area contributed by atoms with Crippen LogP contribution in [-0.4, -0.2) is 24.1 Å². The Balaban J connectivity index is 0.000000325. The molecule has 6 nitrogen and oxygen atoms in total. The first kappa shape index (κ1) is 15.8. The van der Waals surface area contributed by atoms with Crippen molar-refractivity contribution in [2.75, 3.05) is 6.61 Å². The van der Waals surface area contributed by atoms with E-state index in [9.17, 15) is 13.0 Å². The molecule has 98 valence electrons. The Bertz CT molecular complexity index is 451. The number of imidazole rings is 1. The number of aryl methyl sites for hydroxylation is 1. The number of nitrogens with zero attached hydrogens (tertiary/aromatic N) is 2. The number of aromatic nitrogens is 2. The van der Waals surface area contributed by atoms with E-state index in [1.54, 1.807) is 0 Å². The molecule has 1 aromatic rings. The molecule has 0 saturated carbocycles. The molecular weight excluding hydrogens is 244 g/mol. The SMILES string of the molecule is C=Cn1cc[n+](CC)c1C.CCOS(=O)(=O)[O-]. The van der Waals surface area contributed by atoms with Crippen molar-refractivity contribution in [1.82, 2.24) is 4.57 Å². The van der Waals surface area contributed by atoms with E-state index in [1.165, 1.54) is 12.7 Å². The maximum atomic E-state index is 9.45. The van der Waals surface area contributed by atoms with Gasteiger partial charge in [-0.25, -0.2) is 17.6 Å². The Morgan fingerprint density at radius 2 is 2.18 bits per heavy atom. The van der Waals surface area contributed by atoms with Gasteiger partial charge >= 0.3 is 0 Å². The predicted octanol–water partition coefficient (Wildman–Crippen LogP) is 0.688. The highest BCUT2D eigenvalue weighted by Crippen LogP contribution is 1.91. The molecule has 17 heavy (non-hydrogen) atoms. The molecule has 0 aromatic carbocycles. The van der Waals surface area contributed by atoms with Crippen LogP contribution in [0.15, 0.2) is 19.0 Å². The fourth-order valence-electron chi connectivity index (χ4n) is 1.19. The first-order valence-corrected chi connectivity index (χ1v) is 6.48. The van der Waals surface area contributed by atoms with Gasteiger partial charge in [-0.05, 0) is 13.8 Å². The van der Waals surface area contributed by atoms with Crippen molar-refractivity contribution in [3.63, 3.8) is 0 Å². The third kappa shape index (κ3) is 6.20. The van der Waals surface area contributed by atoms with Gasteiger partial charge < -0.3 is 4.55 Å². The second kappa shape index (κ2) is 7.21. The van der Waals surface area contributed by atoms with Crippen LogP contribution in [0, 0.1) is 6.92 Å². The van der Waals surface area contributed by atoms with Gasteiger partial charge in [0.2, 0.25) is 10.4 Å². The van der Waals surface area contributed by atoms with Gasteiger partial charge in [-0.2, -0.15) is 0 Å². The number of hydrogen-bond donors (Lipinski definition) is 0. The maximum absolute atomic E-state index is 9.45. The summed E-state index contributed by atoms with van der Waals surface area (Å²) in [4.78, 5) is 0. The quantitative estimate of drug-likeness (QED) is 0.454. The minimum Gasteiger partial charge on any atom is -0.726 e. The van der Waals surface area contributed by atoms with Crippen LogP contribution in [0.5, 0.6) is 0 Å². The summed E-state index contributed by atoms with van der Waals surface area (Å²) >= 11 is 0. The van der Waals surface area contributed by atoms with Gasteiger partial charge in [0.25, 0.3) is 5.82 Å². The summed E-state index contributed by atoms with van der Waals surface area (Å²) in [6.45, 7) is 10.2. The summed E-state index contributed by atoms with van der Waals surface area (Å²) in [7, 11) is -4.42. The van der Waals surface area contributed by atoms with Crippen LogP contribution in [0.25, 0.3) is 6.20 Å². The fourth-order valence-corrected chi connectivity index (χ4v) is 1.48. The summed E-state index contributed by atoms with van der Waals surface area (Å²) in [5.41, 5.74) is 0. The largest absolute Gasteiger partial charge is 0.726 e. The molecule has 0 amide bonds. The number of hydrogen-bond acceptors (Lipinski definition) is 4. The van der Waals surface area contributed by atoms with Crippen molar-refractivity contribution in [2.24, 2.45) is 0 Å². The lowest BCUT2D eigenvalue weighted by Crippen LogP contribution is -2.33. The van der Waals surface area contributed by atoms with E-state index in [0.29, 0.717) is 0 Å². The Morgan fingerprint density at radius 3 is 2.35 bits per heavy atom. The minimum atomic E-state index is -4.42. The van der Waals surface area contributed by atoms with E-state index >= 15 is 0 Å². The van der Waals surface area contributed by atoms with E-state index < -0.39 is 10.4 Å². The average molecular weight is 262 g/mol. The topological polar surface area (TPSA) is 75.2 Å². The molecule has 0 N–H and O–H groups in total. The molecular formula is C10H18N2O4S. The predicted molar refractivity (Wildman–Crippen MR) is 62.7 cm³/mol. The Morgan fingerprint density at radius 1 is 1.59 bits per heavy atom. The van der Waals surface area contributed by atoms with Gasteiger partial charge in [-0.15, -0.1) is 0 Å². The van der Waals surface area contributed by atoms with Crippen LogP contribution >= 0.6 is 0 Å². The van der Waals surface area contributed by atoms with Gasteiger partial charge in [0.15, 0.2) is 0 Å². The highest BCUT2D eigenvalue weighted by molar-refractivity contribution is 7.80. The van der Waals surface area contributed by atoms with Crippen molar-refractivity contribution >= 4 is 16.6 Å². The average Bonchev–Trinajstić information content (AvgIpc) is 2.58. The summed E-state index contributed by atoms with van der Waals surface area (Å²) in [5, 5.41) is 0. The molecule has 1 rings (SSSR count). The van der Waals surface area contributed by atoms with E-state index in [1.807, 2.05) is 17.0 Å². The summed E-state index contributed by atoms with van der Waals surface area (Å²) in [5.74, 6) is 1.22. The maximum Gasteiger partial charge on any atom is 0.257 e. The van der Waals surface area contributed by atoms with Crippen LogP contribution in [0.4, 0.5) is 0 Å². The molecule has 0 aliphatic heterocycles. The van der Waals surface area contributed by atoms with Crippen LogP contribution in [0.2, 0.25) is 0 Å². The fraction of sp³-hybridized carbons (Fsp3) is 0.500. The van der Waals surface area contributed by atoms with Crippen molar-refractivity contribution in [1.29, 1.82) is 0 Å². The monoisotopic (exact) mass is 262 g/mol. The van der Waals surface area contributed by atoms with E-state index in [0.717, 1.165) is 6.54 Å². The Kier molecular flexibility index (Phi) is 6.71. The molecule has 0 saturated heterocycles. The lowest BCUT2D eigenvalue weighted by atomic mass is 10.6. The first-order chi connectivity index (χ1) is 7.85. The van der Waals surface area contributed by atoms with Crippen LogP contribution in [0.3, 0.4) is 0 Å². The molecule has 1 heterocycles. The lowest BCUT2D eigenvalue weighted by molar-refractivity contribution is -0.698. The normalized spacial score (nSPS) is 10.6. The summed E-state index contributed by atoms with van der Waals surface area (Å²) < 4.78 is 36.2. The molecule has 0 spiro atoms. The second-order valence-corrected chi connectivity index (χ2v) is 4.09. The molecule has 0 fully saturated rings. The molecule has 0 radical (unpaired) electrons. The third-order valence-electron chi connectivity index (χ3n) is 2.00. The van der Waals surface area contributed by atoms with Gasteiger partial charge in [-0.3, -0.25) is 4.18 Å². The molecule has 0 atom stereocenters. The lowest BCUT2D eigenvalue weighted by Gasteiger charge is -2.02. The molecule has 0 unspecified atom stereocenters. The second-order valence-electron chi connectivity index (χ2n) is 3.04. The smallest absolute Gasteiger partial charge is 0.257 e. The van der Waals surface area contributed by atoms with Crippen molar-refractivity contribution in [3.8, 4) is 0 Å². The van der Waals surface area contributed by atoms with Crippen molar-refractivity contribution in [2.45, 2.75) is 27.3 Å². The zero-order valence-electron chi connectivity index (χ0n) is 10.3. The molecule has 0 aliphatic carbocycles. The van der Waals surface area contributed by atoms with Gasteiger partial charge in [0.1, 0.15) is 12.4 Å². The van der Waals surface area contributed by atoms with Crippen molar-refractivity contribution in [3.05, 3.63) is 24.8 Å². The van der Waals surface area contributed by atoms with Crippen LogP contribution < -0.4 is 4.57 Å². The molecule has 7 heteroatoms. The highest BCUT2D eigenvalue weighted by atomic mass is 32.3. The van der Waals surface area contributed by atoms with E-state index in [4.69, 9.17) is 0 Å². The first-order valence-electron chi connectivity index (χ1n) is 5.15. The molecule has 0 aliphatic rings. The molecule has 0 bridgehead atoms. The third-order valence-corrected chi connectivity index (χ3v) is 2.52. The number of rotatable bonds is 4. The zero-order chi connectivity index (χ0) is 13.5. The zero-order valence-corrected chi connectivity index (χ0v) is 11.1. The molecule has 1 aromatic heterocycles. The van der Waals surface area contributed by atoms with Crippen molar-refractivity contribution < 1.29 is 21.7 Å². The van der Waals surface area contributed by atoms with Gasteiger partial charge in [0.05, 0.1) is 19.4 Å². The Hall–Kier alpha value is -1.18. The van der Waals surface area contributed by atoms with Crippen LogP contribution in [0.1, 0.15) is 19.7 Å².